The Morgan fingerprint density at radius 2 is 1.91 bits per heavy atom. The van der Waals surface area contributed by atoms with Gasteiger partial charge >= 0.3 is 5.97 Å². The van der Waals surface area contributed by atoms with Crippen molar-refractivity contribution in [3.05, 3.63) is 60.4 Å². The van der Waals surface area contributed by atoms with Gasteiger partial charge in [-0.3, -0.25) is 4.98 Å². The molecule has 0 N–H and O–H groups in total. The smallest absolute Gasteiger partial charge is 0.339 e. The molecule has 2 aromatic heterocycles. The Labute approximate surface area is 127 Å². The van der Waals surface area contributed by atoms with Gasteiger partial charge in [0.2, 0.25) is 0 Å². The van der Waals surface area contributed by atoms with E-state index in [1.165, 1.54) is 37.7 Å². The fraction of sp³-hybridized carbons (Fsp3) is 0.0667. The largest absolute Gasteiger partial charge is 0.465 e. The molecule has 3 rings (SSSR count). The van der Waals surface area contributed by atoms with Gasteiger partial charge in [0.15, 0.2) is 0 Å². The van der Waals surface area contributed by atoms with Crippen molar-refractivity contribution in [2.75, 3.05) is 7.11 Å². The van der Waals surface area contributed by atoms with Crippen LogP contribution in [0.25, 0.3) is 11.0 Å². The maximum absolute atomic E-state index is 12.7. The fourth-order valence-electron chi connectivity index (χ4n) is 2.13. The number of esters is 1. The molecule has 6 nitrogen and oxygen atoms in total. The van der Waals surface area contributed by atoms with E-state index in [0.717, 1.165) is 3.97 Å². The van der Waals surface area contributed by atoms with Gasteiger partial charge in [0.05, 0.1) is 28.6 Å². The molecule has 0 radical (unpaired) electrons. The minimum atomic E-state index is -3.75. The van der Waals surface area contributed by atoms with Gasteiger partial charge < -0.3 is 4.74 Å². The summed E-state index contributed by atoms with van der Waals surface area (Å²) in [5.74, 6) is -0.570. The zero-order valence-corrected chi connectivity index (χ0v) is 12.4. The Hall–Kier alpha value is -2.67. The number of hydrogen-bond acceptors (Lipinski definition) is 5. The third-order valence-electron chi connectivity index (χ3n) is 3.22. The number of ether oxygens (including phenoxy) is 1. The summed E-state index contributed by atoms with van der Waals surface area (Å²) in [6, 6.07) is 11.1. The van der Waals surface area contributed by atoms with Crippen LogP contribution in [0.4, 0.5) is 0 Å². The molecule has 0 aliphatic rings. The molecule has 1 aromatic carbocycles. The van der Waals surface area contributed by atoms with Crippen molar-refractivity contribution in [1.29, 1.82) is 0 Å². The Morgan fingerprint density at radius 1 is 1.18 bits per heavy atom. The van der Waals surface area contributed by atoms with E-state index in [0.29, 0.717) is 11.0 Å². The molecule has 22 heavy (non-hydrogen) atoms. The highest BCUT2D eigenvalue weighted by molar-refractivity contribution is 7.90. The lowest BCUT2D eigenvalue weighted by atomic mass is 10.2. The lowest BCUT2D eigenvalue weighted by Gasteiger charge is -2.07. The topological polar surface area (TPSA) is 78.3 Å². The van der Waals surface area contributed by atoms with Crippen molar-refractivity contribution < 1.29 is 17.9 Å². The van der Waals surface area contributed by atoms with Gasteiger partial charge in [0, 0.05) is 12.4 Å². The normalized spacial score (nSPS) is 11.5. The molecule has 0 spiro atoms. The molecule has 0 aliphatic carbocycles. The highest BCUT2D eigenvalue weighted by atomic mass is 32.2. The van der Waals surface area contributed by atoms with E-state index in [1.807, 2.05) is 0 Å². The van der Waals surface area contributed by atoms with Crippen LogP contribution in [0.5, 0.6) is 0 Å². The predicted molar refractivity (Wildman–Crippen MR) is 80.1 cm³/mol. The zero-order valence-electron chi connectivity index (χ0n) is 11.6. The Morgan fingerprint density at radius 3 is 2.59 bits per heavy atom. The lowest BCUT2D eigenvalue weighted by molar-refractivity contribution is 0.0600. The number of carbonyl (C=O) groups excluding carboxylic acids is 1. The molecule has 0 aliphatic heterocycles. The summed E-state index contributed by atoms with van der Waals surface area (Å²) < 4.78 is 31.1. The number of aromatic nitrogens is 2. The van der Waals surface area contributed by atoms with Crippen LogP contribution in [0, 0.1) is 0 Å². The van der Waals surface area contributed by atoms with Crippen LogP contribution in [0.15, 0.2) is 59.8 Å². The number of carbonyl (C=O) groups is 1. The van der Waals surface area contributed by atoms with Gasteiger partial charge in [-0.05, 0) is 24.3 Å². The second kappa shape index (κ2) is 5.27. The number of nitrogens with zero attached hydrogens (tertiary/aromatic N) is 2. The number of methoxy groups -OCH3 is 1. The average molecular weight is 316 g/mol. The Kier molecular flexibility index (Phi) is 3.42. The molecule has 0 saturated heterocycles. The Balaban J connectivity index is 2.21. The number of hydrogen-bond donors (Lipinski definition) is 0. The second-order valence-electron chi connectivity index (χ2n) is 4.55. The number of benzene rings is 1. The van der Waals surface area contributed by atoms with Crippen molar-refractivity contribution in [2.45, 2.75) is 4.90 Å². The summed E-state index contributed by atoms with van der Waals surface area (Å²) in [7, 11) is -2.49. The van der Waals surface area contributed by atoms with E-state index in [-0.39, 0.29) is 10.5 Å². The summed E-state index contributed by atoms with van der Waals surface area (Å²) in [6.45, 7) is 0. The molecule has 0 atom stereocenters. The second-order valence-corrected chi connectivity index (χ2v) is 6.36. The molecule has 0 fully saturated rings. The first-order chi connectivity index (χ1) is 10.5. The van der Waals surface area contributed by atoms with E-state index < -0.39 is 16.0 Å². The number of pyridine rings is 1. The molecular weight excluding hydrogens is 304 g/mol. The van der Waals surface area contributed by atoms with Crippen LogP contribution in [-0.4, -0.2) is 30.5 Å². The van der Waals surface area contributed by atoms with Crippen LogP contribution in [0.3, 0.4) is 0 Å². The molecule has 7 heteroatoms. The first kappa shape index (κ1) is 14.3. The van der Waals surface area contributed by atoms with Crippen LogP contribution in [0.2, 0.25) is 0 Å². The molecule has 0 unspecified atom stereocenters. The monoisotopic (exact) mass is 316 g/mol. The third kappa shape index (κ3) is 2.25. The first-order valence-electron chi connectivity index (χ1n) is 6.40. The Bertz CT molecular complexity index is 946. The average Bonchev–Trinajstić information content (AvgIpc) is 2.98. The molecule has 3 aromatic rings. The summed E-state index contributed by atoms with van der Waals surface area (Å²) in [5.41, 5.74) is 0.997. The van der Waals surface area contributed by atoms with Gasteiger partial charge in [0.1, 0.15) is 0 Å². The molecule has 112 valence electrons. The van der Waals surface area contributed by atoms with Crippen molar-refractivity contribution >= 4 is 27.0 Å². The van der Waals surface area contributed by atoms with E-state index in [9.17, 15) is 13.2 Å². The van der Waals surface area contributed by atoms with Crippen LogP contribution < -0.4 is 0 Å². The van der Waals surface area contributed by atoms with E-state index in [4.69, 9.17) is 0 Å². The highest BCUT2D eigenvalue weighted by Gasteiger charge is 2.20. The molecule has 0 bridgehead atoms. The minimum absolute atomic E-state index is 0.163. The lowest BCUT2D eigenvalue weighted by Crippen LogP contribution is -2.12. The SMILES string of the molecule is COC(=O)c1cnc2ccn(S(=O)(=O)c3ccccc3)c2c1. The standard InChI is InChI=1S/C15H12N2O4S/c1-21-15(18)11-9-14-13(16-10-11)7-8-17(14)22(19,20)12-5-3-2-4-6-12/h2-10H,1H3. The minimum Gasteiger partial charge on any atom is -0.465 e. The van der Waals surface area contributed by atoms with E-state index in [1.54, 1.807) is 24.3 Å². The van der Waals surface area contributed by atoms with Gasteiger partial charge in [0.25, 0.3) is 10.0 Å². The van der Waals surface area contributed by atoms with Crippen LogP contribution >= 0.6 is 0 Å². The molecular formula is C15H12N2O4S. The summed E-state index contributed by atoms with van der Waals surface area (Å²) in [5, 5.41) is 0. The van der Waals surface area contributed by atoms with E-state index >= 15 is 0 Å². The first-order valence-corrected chi connectivity index (χ1v) is 7.84. The fourth-order valence-corrected chi connectivity index (χ4v) is 3.49. The van der Waals surface area contributed by atoms with Crippen LogP contribution in [-0.2, 0) is 14.8 Å². The highest BCUT2D eigenvalue weighted by Crippen LogP contribution is 2.21. The number of fused-ring (bicyclic) bond motifs is 1. The molecule has 0 saturated carbocycles. The zero-order chi connectivity index (χ0) is 15.7. The quantitative estimate of drug-likeness (QED) is 0.691. The maximum Gasteiger partial charge on any atom is 0.339 e. The van der Waals surface area contributed by atoms with Gasteiger partial charge in [-0.2, -0.15) is 0 Å². The predicted octanol–water partition coefficient (Wildman–Crippen LogP) is 2.06. The third-order valence-corrected chi connectivity index (χ3v) is 4.93. The van der Waals surface area contributed by atoms with Crippen molar-refractivity contribution in [2.24, 2.45) is 0 Å². The number of rotatable bonds is 3. The molecule has 2 heterocycles. The van der Waals surface area contributed by atoms with Crippen molar-refractivity contribution in [3.63, 3.8) is 0 Å². The maximum atomic E-state index is 12.7. The summed E-state index contributed by atoms with van der Waals surface area (Å²) in [4.78, 5) is 15.8. The van der Waals surface area contributed by atoms with Crippen molar-refractivity contribution in [1.82, 2.24) is 8.96 Å². The van der Waals surface area contributed by atoms with Gasteiger partial charge in [-0.15, -0.1) is 0 Å². The van der Waals surface area contributed by atoms with Crippen LogP contribution in [0.1, 0.15) is 10.4 Å². The molecule has 0 amide bonds. The van der Waals surface area contributed by atoms with E-state index in [2.05, 4.69) is 9.72 Å². The summed E-state index contributed by atoms with van der Waals surface area (Å²) in [6.07, 6.45) is 2.77. The van der Waals surface area contributed by atoms with Gasteiger partial charge in [-0.25, -0.2) is 17.2 Å². The summed E-state index contributed by atoms with van der Waals surface area (Å²) >= 11 is 0. The van der Waals surface area contributed by atoms with Gasteiger partial charge in [-0.1, -0.05) is 18.2 Å². The van der Waals surface area contributed by atoms with Crippen molar-refractivity contribution in [3.8, 4) is 0 Å².